The Morgan fingerprint density at radius 2 is 1.82 bits per heavy atom. The summed E-state index contributed by atoms with van der Waals surface area (Å²) in [4.78, 5) is 34.7. The van der Waals surface area contributed by atoms with E-state index < -0.39 is 5.97 Å². The topological polar surface area (TPSA) is 83.4 Å². The van der Waals surface area contributed by atoms with Crippen molar-refractivity contribution < 1.29 is 14.7 Å². The molecule has 1 aliphatic heterocycles. The standard InChI is InChI=1S/C22H15N3O3S2.C3H6/c26-20-18(30-22(29)25(20)13-14-4-2-1-3-5-14)12-17-10-11-23-19(24-17)15-6-8-16(9-7-15)21(27)28;1-3-2/h1-12H,13H2,(H,27,28);3H,1H2,2H3/b18-12-;. The summed E-state index contributed by atoms with van der Waals surface area (Å²) in [7, 11) is 0. The van der Waals surface area contributed by atoms with Gasteiger partial charge >= 0.3 is 5.97 Å². The molecule has 0 bridgehead atoms. The van der Waals surface area contributed by atoms with Crippen molar-refractivity contribution >= 4 is 46.3 Å². The van der Waals surface area contributed by atoms with Crippen LogP contribution in [0.2, 0.25) is 0 Å². The molecule has 2 aromatic carbocycles. The van der Waals surface area contributed by atoms with E-state index in [1.165, 1.54) is 23.9 Å². The lowest BCUT2D eigenvalue weighted by atomic mass is 10.1. The summed E-state index contributed by atoms with van der Waals surface area (Å²) < 4.78 is 0.508. The Hall–Kier alpha value is -3.62. The van der Waals surface area contributed by atoms with E-state index >= 15 is 0 Å². The van der Waals surface area contributed by atoms with Gasteiger partial charge in [0.15, 0.2) is 5.82 Å². The van der Waals surface area contributed by atoms with Gasteiger partial charge in [0.2, 0.25) is 0 Å². The number of amides is 1. The molecule has 166 valence electrons. The van der Waals surface area contributed by atoms with Crippen molar-refractivity contribution in [3.8, 4) is 11.4 Å². The fraction of sp³-hybridized carbons (Fsp3) is 0.0800. The number of carbonyl (C=O) groups excluding carboxylic acids is 1. The van der Waals surface area contributed by atoms with E-state index in [4.69, 9.17) is 17.3 Å². The number of benzene rings is 2. The van der Waals surface area contributed by atoms with Crippen molar-refractivity contribution in [3.05, 3.63) is 101 Å². The Labute approximate surface area is 201 Å². The third kappa shape index (κ3) is 6.21. The molecule has 1 N–H and O–H groups in total. The number of allylic oxidation sites excluding steroid dienone is 1. The molecule has 0 unspecified atom stereocenters. The van der Waals surface area contributed by atoms with E-state index in [1.807, 2.05) is 37.3 Å². The molecule has 0 radical (unpaired) electrons. The van der Waals surface area contributed by atoms with Crippen molar-refractivity contribution in [3.63, 3.8) is 0 Å². The zero-order valence-corrected chi connectivity index (χ0v) is 19.5. The molecule has 1 fully saturated rings. The average Bonchev–Trinajstić information content (AvgIpc) is 3.08. The normalized spacial score (nSPS) is 14.1. The molecule has 0 spiro atoms. The molecular formula is C25H21N3O3S2. The van der Waals surface area contributed by atoms with Crippen LogP contribution in [0.15, 0.2) is 84.4 Å². The highest BCUT2D eigenvalue weighted by Crippen LogP contribution is 2.33. The van der Waals surface area contributed by atoms with Gasteiger partial charge in [-0.05, 0) is 36.8 Å². The summed E-state index contributed by atoms with van der Waals surface area (Å²) in [6.07, 6.45) is 5.05. The minimum absolute atomic E-state index is 0.153. The number of nitrogens with zero attached hydrogens (tertiary/aromatic N) is 3. The second-order valence-corrected chi connectivity index (χ2v) is 8.53. The van der Waals surface area contributed by atoms with Crippen LogP contribution in [0, 0.1) is 0 Å². The molecule has 6 nitrogen and oxygen atoms in total. The van der Waals surface area contributed by atoms with E-state index in [2.05, 4.69) is 16.5 Å². The Bertz CT molecular complexity index is 1210. The van der Waals surface area contributed by atoms with Crippen molar-refractivity contribution in [1.29, 1.82) is 0 Å². The number of rotatable bonds is 5. The van der Waals surface area contributed by atoms with E-state index in [-0.39, 0.29) is 11.5 Å². The highest BCUT2D eigenvalue weighted by molar-refractivity contribution is 8.26. The highest BCUT2D eigenvalue weighted by Gasteiger charge is 2.32. The van der Waals surface area contributed by atoms with Crippen LogP contribution in [0.1, 0.15) is 28.5 Å². The zero-order chi connectivity index (χ0) is 23.8. The number of carboxylic acids is 1. The Morgan fingerprint density at radius 1 is 1.15 bits per heavy atom. The van der Waals surface area contributed by atoms with Crippen molar-refractivity contribution in [1.82, 2.24) is 14.9 Å². The van der Waals surface area contributed by atoms with Crippen LogP contribution in [-0.2, 0) is 11.3 Å². The monoisotopic (exact) mass is 475 g/mol. The van der Waals surface area contributed by atoms with Crippen LogP contribution in [0.5, 0.6) is 0 Å². The number of thioether (sulfide) groups is 1. The smallest absolute Gasteiger partial charge is 0.335 e. The lowest BCUT2D eigenvalue weighted by Crippen LogP contribution is -2.27. The molecule has 8 heteroatoms. The van der Waals surface area contributed by atoms with Gasteiger partial charge in [0.25, 0.3) is 5.91 Å². The number of hydrogen-bond donors (Lipinski definition) is 1. The number of carbonyl (C=O) groups is 2. The molecule has 0 atom stereocenters. The lowest BCUT2D eigenvalue weighted by molar-refractivity contribution is -0.122. The summed E-state index contributed by atoms with van der Waals surface area (Å²) in [6, 6.07) is 17.7. The Kier molecular flexibility index (Phi) is 8.23. The summed E-state index contributed by atoms with van der Waals surface area (Å²) in [5, 5.41) is 9.02. The van der Waals surface area contributed by atoms with E-state index in [1.54, 1.807) is 41.4 Å². The highest BCUT2D eigenvalue weighted by atomic mass is 32.2. The van der Waals surface area contributed by atoms with Crippen molar-refractivity contribution in [2.45, 2.75) is 13.5 Å². The predicted molar refractivity (Wildman–Crippen MR) is 135 cm³/mol. The Balaban J connectivity index is 0.000000968. The largest absolute Gasteiger partial charge is 0.478 e. The first kappa shape index (κ1) is 24.0. The first-order chi connectivity index (χ1) is 15.9. The van der Waals surface area contributed by atoms with Crippen LogP contribution in [0.4, 0.5) is 0 Å². The molecule has 2 heterocycles. The molecule has 1 amide bonds. The van der Waals surface area contributed by atoms with Gasteiger partial charge in [0.05, 0.1) is 22.7 Å². The molecule has 1 saturated heterocycles. The van der Waals surface area contributed by atoms with Gasteiger partial charge < -0.3 is 5.11 Å². The Morgan fingerprint density at radius 3 is 2.45 bits per heavy atom. The van der Waals surface area contributed by atoms with E-state index in [0.717, 1.165) is 5.56 Å². The van der Waals surface area contributed by atoms with Gasteiger partial charge in [0, 0.05) is 11.8 Å². The number of hydrogen-bond acceptors (Lipinski definition) is 6. The SMILES string of the molecule is C=CC.O=C(O)c1ccc(-c2nccc(/C=C3\SC(=S)N(Cc4ccccc4)C3=O)n2)cc1. The predicted octanol–water partition coefficient (Wildman–Crippen LogP) is 5.44. The third-order valence-corrected chi connectivity index (χ3v) is 5.78. The molecule has 1 aromatic heterocycles. The lowest BCUT2D eigenvalue weighted by Gasteiger charge is -2.14. The van der Waals surface area contributed by atoms with Gasteiger partial charge in [-0.15, -0.1) is 6.58 Å². The van der Waals surface area contributed by atoms with Crippen LogP contribution in [0.25, 0.3) is 17.5 Å². The van der Waals surface area contributed by atoms with Crippen LogP contribution in [0.3, 0.4) is 0 Å². The number of aromatic nitrogens is 2. The molecule has 1 aliphatic rings. The fourth-order valence-corrected chi connectivity index (χ4v) is 4.13. The first-order valence-electron chi connectivity index (χ1n) is 9.96. The maximum Gasteiger partial charge on any atom is 0.335 e. The van der Waals surface area contributed by atoms with Crippen LogP contribution in [-0.4, -0.2) is 36.2 Å². The van der Waals surface area contributed by atoms with Crippen molar-refractivity contribution in [2.24, 2.45) is 0 Å². The maximum atomic E-state index is 12.8. The van der Waals surface area contributed by atoms with Gasteiger partial charge in [-0.25, -0.2) is 14.8 Å². The van der Waals surface area contributed by atoms with Gasteiger partial charge in [-0.3, -0.25) is 9.69 Å². The fourth-order valence-electron chi connectivity index (χ4n) is 2.89. The summed E-state index contributed by atoms with van der Waals surface area (Å²) in [5.74, 6) is -0.700. The van der Waals surface area contributed by atoms with Gasteiger partial charge in [-0.1, -0.05) is 72.5 Å². The van der Waals surface area contributed by atoms with Crippen molar-refractivity contribution in [2.75, 3.05) is 0 Å². The molecule has 0 aliphatic carbocycles. The maximum absolute atomic E-state index is 12.8. The minimum atomic E-state index is -0.992. The van der Waals surface area contributed by atoms with Gasteiger partial charge in [0.1, 0.15) is 4.32 Å². The summed E-state index contributed by atoms with van der Waals surface area (Å²) in [6.45, 7) is 5.67. The minimum Gasteiger partial charge on any atom is -0.478 e. The molecule has 0 saturated carbocycles. The molecule has 4 rings (SSSR count). The average molecular weight is 476 g/mol. The number of thiocarbonyl (C=S) groups is 1. The van der Waals surface area contributed by atoms with Crippen LogP contribution < -0.4 is 0 Å². The zero-order valence-electron chi connectivity index (χ0n) is 17.8. The molecule has 3 aromatic rings. The summed E-state index contributed by atoms with van der Waals surface area (Å²) in [5.41, 5.74) is 2.45. The molecular weight excluding hydrogens is 454 g/mol. The van der Waals surface area contributed by atoms with E-state index in [9.17, 15) is 9.59 Å². The quantitative estimate of drug-likeness (QED) is 0.299. The number of aromatic carboxylic acids is 1. The summed E-state index contributed by atoms with van der Waals surface area (Å²) >= 11 is 6.64. The first-order valence-corrected chi connectivity index (χ1v) is 11.2. The van der Waals surface area contributed by atoms with E-state index in [0.29, 0.717) is 32.9 Å². The third-order valence-electron chi connectivity index (χ3n) is 4.40. The van der Waals surface area contributed by atoms with Crippen LogP contribution >= 0.6 is 24.0 Å². The van der Waals surface area contributed by atoms with Gasteiger partial charge in [-0.2, -0.15) is 0 Å². The second-order valence-electron chi connectivity index (χ2n) is 6.85. The number of carboxylic acid groups (broad SMARTS) is 1. The second kappa shape index (κ2) is 11.3. The molecule has 33 heavy (non-hydrogen) atoms.